The quantitative estimate of drug-likeness (QED) is 0.917. The molecule has 0 bridgehead atoms. The summed E-state index contributed by atoms with van der Waals surface area (Å²) >= 11 is 0. The van der Waals surface area contributed by atoms with E-state index in [1.165, 1.54) is 5.56 Å². The number of aromatic nitrogens is 1. The third kappa shape index (κ3) is 3.68. The number of pyridine rings is 1. The highest BCUT2D eigenvalue weighted by atomic mass is 16.2. The molecule has 1 aliphatic heterocycles. The fourth-order valence-electron chi connectivity index (χ4n) is 4.04. The summed E-state index contributed by atoms with van der Waals surface area (Å²) in [5.41, 5.74) is 2.96. The number of carbonyl (C=O) groups excluding carboxylic acids is 1. The van der Waals surface area contributed by atoms with Gasteiger partial charge < -0.3 is 9.88 Å². The SMILES string of the molecule is CCc1cc2ccc(C(C(C)C)N3CCN(C(C)=O)CC3)cc2[nH]c1=O. The molecule has 3 rings (SSSR count). The highest BCUT2D eigenvalue weighted by Crippen LogP contribution is 2.31. The van der Waals surface area contributed by atoms with E-state index in [-0.39, 0.29) is 17.5 Å². The Morgan fingerprint density at radius 1 is 1.15 bits per heavy atom. The molecule has 5 nitrogen and oxygen atoms in total. The number of benzene rings is 1. The molecule has 1 aliphatic rings. The number of aryl methyl sites for hydroxylation is 1. The standard InChI is InChI=1S/C21H29N3O2/c1-5-16-12-17-6-7-18(13-19(17)22-21(16)26)20(14(2)3)24-10-8-23(9-11-24)15(4)25/h6-7,12-14,20H,5,8-11H2,1-4H3,(H,22,26). The first-order valence-electron chi connectivity index (χ1n) is 9.56. The molecule has 1 saturated heterocycles. The van der Waals surface area contributed by atoms with E-state index in [0.29, 0.717) is 5.92 Å². The van der Waals surface area contributed by atoms with Crippen LogP contribution in [0.2, 0.25) is 0 Å². The van der Waals surface area contributed by atoms with Crippen molar-refractivity contribution in [1.29, 1.82) is 0 Å². The van der Waals surface area contributed by atoms with Crippen LogP contribution in [0.3, 0.4) is 0 Å². The van der Waals surface area contributed by atoms with Gasteiger partial charge in [0.15, 0.2) is 0 Å². The second-order valence-corrected chi connectivity index (χ2v) is 7.55. The number of nitrogens with zero attached hydrogens (tertiary/aromatic N) is 2. The summed E-state index contributed by atoms with van der Waals surface area (Å²) < 4.78 is 0. The summed E-state index contributed by atoms with van der Waals surface area (Å²) in [7, 11) is 0. The molecule has 1 N–H and O–H groups in total. The van der Waals surface area contributed by atoms with Gasteiger partial charge in [0.05, 0.1) is 0 Å². The van der Waals surface area contributed by atoms with E-state index >= 15 is 0 Å². The zero-order valence-corrected chi connectivity index (χ0v) is 16.2. The van der Waals surface area contributed by atoms with Crippen LogP contribution in [0.25, 0.3) is 10.9 Å². The van der Waals surface area contributed by atoms with E-state index < -0.39 is 0 Å². The highest BCUT2D eigenvalue weighted by Gasteiger charge is 2.28. The van der Waals surface area contributed by atoms with Gasteiger partial charge in [-0.05, 0) is 35.4 Å². The largest absolute Gasteiger partial charge is 0.340 e. The average molecular weight is 355 g/mol. The molecule has 1 amide bonds. The molecule has 140 valence electrons. The van der Waals surface area contributed by atoms with E-state index in [1.54, 1.807) is 6.92 Å². The van der Waals surface area contributed by atoms with Crippen LogP contribution in [-0.2, 0) is 11.2 Å². The van der Waals surface area contributed by atoms with Crippen molar-refractivity contribution in [3.05, 3.63) is 45.7 Å². The van der Waals surface area contributed by atoms with Crippen LogP contribution >= 0.6 is 0 Å². The van der Waals surface area contributed by atoms with Crippen molar-refractivity contribution < 1.29 is 4.79 Å². The van der Waals surface area contributed by atoms with Gasteiger partial charge in [-0.1, -0.05) is 32.9 Å². The Labute approximate surface area is 155 Å². The van der Waals surface area contributed by atoms with Gasteiger partial charge in [0.2, 0.25) is 5.91 Å². The Morgan fingerprint density at radius 3 is 2.42 bits per heavy atom. The lowest BCUT2D eigenvalue weighted by Crippen LogP contribution is -2.49. The Balaban J connectivity index is 1.91. The van der Waals surface area contributed by atoms with Crippen LogP contribution < -0.4 is 5.56 Å². The molecule has 0 radical (unpaired) electrons. The first-order valence-corrected chi connectivity index (χ1v) is 9.56. The van der Waals surface area contributed by atoms with Gasteiger partial charge in [0.25, 0.3) is 5.56 Å². The Bertz CT molecular complexity index is 848. The fourth-order valence-corrected chi connectivity index (χ4v) is 4.04. The number of hydrogen-bond donors (Lipinski definition) is 1. The van der Waals surface area contributed by atoms with Crippen molar-refractivity contribution in [3.63, 3.8) is 0 Å². The summed E-state index contributed by atoms with van der Waals surface area (Å²) in [6, 6.07) is 8.69. The summed E-state index contributed by atoms with van der Waals surface area (Å²) in [5.74, 6) is 0.596. The molecular weight excluding hydrogens is 326 g/mol. The van der Waals surface area contributed by atoms with Gasteiger partial charge in [-0.2, -0.15) is 0 Å². The van der Waals surface area contributed by atoms with E-state index in [2.05, 4.69) is 41.9 Å². The second-order valence-electron chi connectivity index (χ2n) is 7.55. The zero-order valence-electron chi connectivity index (χ0n) is 16.2. The minimum absolute atomic E-state index is 0.00770. The molecule has 0 saturated carbocycles. The van der Waals surface area contributed by atoms with E-state index in [1.807, 2.05) is 17.9 Å². The van der Waals surface area contributed by atoms with Crippen molar-refractivity contribution in [2.24, 2.45) is 5.92 Å². The predicted molar refractivity (Wildman–Crippen MR) is 105 cm³/mol. The summed E-state index contributed by atoms with van der Waals surface area (Å²) in [6.45, 7) is 11.4. The van der Waals surface area contributed by atoms with E-state index in [9.17, 15) is 9.59 Å². The van der Waals surface area contributed by atoms with Crippen molar-refractivity contribution >= 4 is 16.8 Å². The van der Waals surface area contributed by atoms with Gasteiger partial charge in [0.1, 0.15) is 0 Å². The maximum Gasteiger partial charge on any atom is 0.251 e. The van der Waals surface area contributed by atoms with Crippen molar-refractivity contribution in [1.82, 2.24) is 14.8 Å². The molecule has 26 heavy (non-hydrogen) atoms. The molecule has 2 heterocycles. The van der Waals surface area contributed by atoms with Crippen LogP contribution in [0.5, 0.6) is 0 Å². The number of piperazine rings is 1. The lowest BCUT2D eigenvalue weighted by atomic mass is 9.92. The van der Waals surface area contributed by atoms with Gasteiger partial charge in [-0.3, -0.25) is 14.5 Å². The normalized spacial score (nSPS) is 17.0. The van der Waals surface area contributed by atoms with Crippen LogP contribution in [-0.4, -0.2) is 46.9 Å². The van der Waals surface area contributed by atoms with Crippen LogP contribution in [0, 0.1) is 5.92 Å². The molecule has 0 aliphatic carbocycles. The molecule has 1 aromatic heterocycles. The van der Waals surface area contributed by atoms with Crippen LogP contribution in [0.4, 0.5) is 0 Å². The topological polar surface area (TPSA) is 56.4 Å². The Hall–Kier alpha value is -2.14. The van der Waals surface area contributed by atoms with Crippen molar-refractivity contribution in [2.45, 2.75) is 40.2 Å². The number of aromatic amines is 1. The molecule has 0 spiro atoms. The third-order valence-electron chi connectivity index (χ3n) is 5.45. The van der Waals surface area contributed by atoms with Crippen molar-refractivity contribution in [3.8, 4) is 0 Å². The number of nitrogens with one attached hydrogen (secondary N) is 1. The average Bonchev–Trinajstić information content (AvgIpc) is 2.61. The number of fused-ring (bicyclic) bond motifs is 1. The lowest BCUT2D eigenvalue weighted by molar-refractivity contribution is -0.131. The molecule has 1 fully saturated rings. The second kappa shape index (κ2) is 7.62. The molecule has 1 atom stereocenters. The highest BCUT2D eigenvalue weighted by molar-refractivity contribution is 5.79. The summed E-state index contributed by atoms with van der Waals surface area (Å²) in [6.07, 6.45) is 0.738. The van der Waals surface area contributed by atoms with Crippen LogP contribution in [0.1, 0.15) is 44.9 Å². The molecule has 5 heteroatoms. The predicted octanol–water partition coefficient (Wildman–Crippen LogP) is 2.95. The zero-order chi connectivity index (χ0) is 18.8. The summed E-state index contributed by atoms with van der Waals surface area (Å²) in [5, 5.41) is 1.08. The van der Waals surface area contributed by atoms with E-state index in [4.69, 9.17) is 0 Å². The van der Waals surface area contributed by atoms with Gasteiger partial charge in [-0.15, -0.1) is 0 Å². The Kier molecular flexibility index (Phi) is 5.47. The number of carbonyl (C=O) groups is 1. The van der Waals surface area contributed by atoms with Gasteiger partial charge in [-0.25, -0.2) is 0 Å². The summed E-state index contributed by atoms with van der Waals surface area (Å²) in [4.78, 5) is 31.2. The number of H-pyrrole nitrogens is 1. The first-order chi connectivity index (χ1) is 12.4. The monoisotopic (exact) mass is 355 g/mol. The lowest BCUT2D eigenvalue weighted by Gasteiger charge is -2.41. The van der Waals surface area contributed by atoms with Gasteiger partial charge in [0, 0.05) is 50.2 Å². The maximum absolute atomic E-state index is 12.2. The minimum atomic E-state index is 0.00770. The molecule has 1 aromatic carbocycles. The van der Waals surface area contributed by atoms with Gasteiger partial charge >= 0.3 is 0 Å². The maximum atomic E-state index is 12.2. The van der Waals surface area contributed by atoms with Crippen LogP contribution in [0.15, 0.2) is 29.1 Å². The molecule has 2 aromatic rings. The minimum Gasteiger partial charge on any atom is -0.340 e. The first kappa shape index (κ1) is 18.6. The molecule has 1 unspecified atom stereocenters. The van der Waals surface area contributed by atoms with Crippen molar-refractivity contribution in [2.75, 3.05) is 26.2 Å². The number of rotatable bonds is 4. The smallest absolute Gasteiger partial charge is 0.251 e. The third-order valence-corrected chi connectivity index (χ3v) is 5.45. The van der Waals surface area contributed by atoms with E-state index in [0.717, 1.165) is 49.1 Å². The Morgan fingerprint density at radius 2 is 1.85 bits per heavy atom. The molecular formula is C21H29N3O2. The fraction of sp³-hybridized carbons (Fsp3) is 0.524. The number of amides is 1. The number of hydrogen-bond acceptors (Lipinski definition) is 3.